The van der Waals surface area contributed by atoms with Crippen molar-refractivity contribution < 1.29 is 8.94 Å². The molecule has 2 aliphatic rings. The minimum atomic E-state index is -0.510. The molecule has 110 valence electrons. The average Bonchev–Trinajstić information content (AvgIpc) is 2.88. The Morgan fingerprint density at radius 2 is 2.10 bits per heavy atom. The van der Waals surface area contributed by atoms with Crippen LogP contribution < -0.4 is 5.76 Å². The lowest BCUT2D eigenvalue weighted by atomic mass is 9.52. The van der Waals surface area contributed by atoms with Gasteiger partial charge in [0.2, 0.25) is 0 Å². The van der Waals surface area contributed by atoms with E-state index in [4.69, 9.17) is 8.94 Å². The van der Waals surface area contributed by atoms with Crippen LogP contribution in [0.25, 0.3) is 0 Å². The molecule has 2 atom stereocenters. The summed E-state index contributed by atoms with van der Waals surface area (Å²) in [5.41, 5.74) is 2.79. The summed E-state index contributed by atoms with van der Waals surface area (Å²) in [5.74, 6) is 0.841. The minimum Gasteiger partial charge on any atom is -0.416 e. The van der Waals surface area contributed by atoms with Crippen molar-refractivity contribution in [2.24, 2.45) is 5.92 Å². The molecule has 0 N–H and O–H groups in total. The van der Waals surface area contributed by atoms with Gasteiger partial charge in [0.25, 0.3) is 0 Å². The average molecular weight is 286 g/mol. The van der Waals surface area contributed by atoms with Gasteiger partial charge in [0.1, 0.15) is 12.0 Å². The van der Waals surface area contributed by atoms with Gasteiger partial charge in [-0.3, -0.25) is 0 Å². The number of hydrogen-bond acceptors (Lipinski definition) is 5. The first kappa shape index (κ1) is 12.8. The number of rotatable bonds is 0. The zero-order chi connectivity index (χ0) is 14.8. The molecule has 2 aromatic heterocycles. The molecule has 0 aromatic carbocycles. The Kier molecular flexibility index (Phi) is 2.34. The van der Waals surface area contributed by atoms with Gasteiger partial charge in [-0.15, -0.1) is 0 Å². The van der Waals surface area contributed by atoms with Gasteiger partial charge in [-0.2, -0.15) is 4.98 Å². The smallest absolute Gasteiger partial charge is 0.416 e. The van der Waals surface area contributed by atoms with Crippen LogP contribution >= 0.6 is 0 Å². The summed E-state index contributed by atoms with van der Waals surface area (Å²) in [6.07, 6.45) is 6.12. The van der Waals surface area contributed by atoms with E-state index in [-0.39, 0.29) is 10.8 Å². The summed E-state index contributed by atoms with van der Waals surface area (Å²) in [6.45, 7) is 6.62. The van der Waals surface area contributed by atoms with E-state index in [2.05, 4.69) is 30.9 Å². The van der Waals surface area contributed by atoms with E-state index in [1.54, 1.807) is 12.5 Å². The van der Waals surface area contributed by atoms with Crippen LogP contribution in [0.15, 0.2) is 26.2 Å². The van der Waals surface area contributed by atoms with Crippen LogP contribution in [-0.4, -0.2) is 10.1 Å². The Morgan fingerprint density at radius 1 is 1.29 bits per heavy atom. The van der Waals surface area contributed by atoms with E-state index >= 15 is 0 Å². The highest BCUT2D eigenvalue weighted by Crippen LogP contribution is 2.55. The maximum absolute atomic E-state index is 11.6. The lowest BCUT2D eigenvalue weighted by Crippen LogP contribution is -2.52. The highest BCUT2D eigenvalue weighted by Gasteiger charge is 2.55. The fraction of sp³-hybridized carbons (Fsp3) is 0.562. The van der Waals surface area contributed by atoms with E-state index in [0.717, 1.165) is 41.8 Å². The monoisotopic (exact) mass is 286 g/mol. The first-order chi connectivity index (χ1) is 9.93. The molecule has 0 radical (unpaired) electrons. The fourth-order valence-electron chi connectivity index (χ4n) is 4.66. The molecular formula is C16H18N2O3. The van der Waals surface area contributed by atoms with Crippen molar-refractivity contribution >= 4 is 0 Å². The molecule has 0 aliphatic heterocycles. The summed E-state index contributed by atoms with van der Waals surface area (Å²) in [4.78, 5) is 15.8. The first-order valence-electron chi connectivity index (χ1n) is 7.36. The normalized spacial score (nSPS) is 29.4. The van der Waals surface area contributed by atoms with Crippen LogP contribution in [-0.2, 0) is 23.7 Å². The van der Waals surface area contributed by atoms with Gasteiger partial charge in [0, 0.05) is 22.0 Å². The molecule has 4 rings (SSSR count). The minimum absolute atomic E-state index is 0.117. The third kappa shape index (κ3) is 1.54. The van der Waals surface area contributed by atoms with Gasteiger partial charge in [0.05, 0.1) is 11.9 Å². The second kappa shape index (κ2) is 3.84. The van der Waals surface area contributed by atoms with Gasteiger partial charge >= 0.3 is 5.76 Å². The Hall–Kier alpha value is -1.91. The largest absolute Gasteiger partial charge is 0.438 e. The molecule has 0 unspecified atom stereocenters. The van der Waals surface area contributed by atoms with Crippen molar-refractivity contribution in [1.29, 1.82) is 0 Å². The SMILES string of the molecule is CC1(C)c2oncc2C[C@]2(C)c3nc(=O)occ3CC[C@@H]12. The van der Waals surface area contributed by atoms with Gasteiger partial charge < -0.3 is 8.94 Å². The summed E-state index contributed by atoms with van der Waals surface area (Å²) >= 11 is 0. The van der Waals surface area contributed by atoms with Crippen LogP contribution in [0, 0.1) is 5.92 Å². The van der Waals surface area contributed by atoms with Crippen molar-refractivity contribution in [1.82, 2.24) is 10.1 Å². The van der Waals surface area contributed by atoms with Crippen molar-refractivity contribution in [3.05, 3.63) is 45.6 Å². The third-order valence-electron chi connectivity index (χ3n) is 5.48. The predicted molar refractivity (Wildman–Crippen MR) is 75.2 cm³/mol. The lowest BCUT2D eigenvalue weighted by Gasteiger charge is -2.51. The Bertz CT molecular complexity index is 774. The summed E-state index contributed by atoms with van der Waals surface area (Å²) in [6, 6.07) is 0. The second-order valence-corrected chi connectivity index (χ2v) is 7.07. The number of nitrogens with zero attached hydrogens (tertiary/aromatic N) is 2. The van der Waals surface area contributed by atoms with Crippen LogP contribution in [0.1, 0.15) is 49.8 Å². The first-order valence-corrected chi connectivity index (χ1v) is 7.36. The van der Waals surface area contributed by atoms with E-state index in [0.29, 0.717) is 5.92 Å². The Labute approximate surface area is 122 Å². The summed E-state index contributed by atoms with van der Waals surface area (Å²) in [5, 5.41) is 3.99. The summed E-state index contributed by atoms with van der Waals surface area (Å²) < 4.78 is 10.5. The number of aromatic nitrogens is 2. The molecule has 2 heterocycles. The van der Waals surface area contributed by atoms with Crippen LogP contribution in [0.3, 0.4) is 0 Å². The highest BCUT2D eigenvalue weighted by molar-refractivity contribution is 5.40. The molecule has 2 aliphatic carbocycles. The highest BCUT2D eigenvalue weighted by atomic mass is 16.5. The predicted octanol–water partition coefficient (Wildman–Crippen LogP) is 2.38. The quantitative estimate of drug-likeness (QED) is 0.743. The zero-order valence-electron chi connectivity index (χ0n) is 12.5. The van der Waals surface area contributed by atoms with Gasteiger partial charge in [-0.25, -0.2) is 4.79 Å². The molecule has 0 amide bonds. The molecule has 0 spiro atoms. The van der Waals surface area contributed by atoms with Crippen molar-refractivity contribution in [3.8, 4) is 0 Å². The van der Waals surface area contributed by atoms with E-state index in [1.165, 1.54) is 0 Å². The standard InChI is InChI=1S/C16H18N2O3/c1-15(2)11-5-4-9-8-20-14(19)18-12(9)16(11,3)6-10-7-17-21-13(10)15/h7-8,11H,4-6H2,1-3H3/t11-,16-/m0/s1. The van der Waals surface area contributed by atoms with Crippen molar-refractivity contribution in [3.63, 3.8) is 0 Å². The van der Waals surface area contributed by atoms with E-state index in [1.807, 2.05) is 0 Å². The van der Waals surface area contributed by atoms with E-state index in [9.17, 15) is 4.79 Å². The van der Waals surface area contributed by atoms with Gasteiger partial charge in [-0.05, 0) is 25.2 Å². The molecule has 0 saturated carbocycles. The van der Waals surface area contributed by atoms with Crippen LogP contribution in [0.5, 0.6) is 0 Å². The van der Waals surface area contributed by atoms with E-state index < -0.39 is 5.76 Å². The molecule has 0 bridgehead atoms. The zero-order valence-corrected chi connectivity index (χ0v) is 12.5. The second-order valence-electron chi connectivity index (χ2n) is 7.07. The van der Waals surface area contributed by atoms with Crippen molar-refractivity contribution in [2.45, 2.75) is 50.9 Å². The number of hydrogen-bond donors (Lipinski definition) is 0. The van der Waals surface area contributed by atoms with Crippen LogP contribution in [0.4, 0.5) is 0 Å². The molecular weight excluding hydrogens is 268 g/mol. The van der Waals surface area contributed by atoms with Crippen LogP contribution in [0.2, 0.25) is 0 Å². The number of fused-ring (bicyclic) bond motifs is 4. The Morgan fingerprint density at radius 3 is 2.90 bits per heavy atom. The fourth-order valence-corrected chi connectivity index (χ4v) is 4.66. The number of aryl methyl sites for hydroxylation is 1. The maximum Gasteiger partial charge on any atom is 0.438 e. The molecule has 5 nitrogen and oxygen atoms in total. The Balaban J connectivity index is 1.97. The molecule has 0 fully saturated rings. The molecule has 5 heteroatoms. The molecule has 2 aromatic rings. The molecule has 0 saturated heterocycles. The maximum atomic E-state index is 11.6. The third-order valence-corrected chi connectivity index (χ3v) is 5.48. The molecule has 21 heavy (non-hydrogen) atoms. The van der Waals surface area contributed by atoms with Gasteiger partial charge in [0.15, 0.2) is 0 Å². The summed E-state index contributed by atoms with van der Waals surface area (Å²) in [7, 11) is 0. The lowest BCUT2D eigenvalue weighted by molar-refractivity contribution is 0.106. The topological polar surface area (TPSA) is 69.1 Å². The van der Waals surface area contributed by atoms with Gasteiger partial charge in [-0.1, -0.05) is 25.9 Å². The van der Waals surface area contributed by atoms with Crippen molar-refractivity contribution in [2.75, 3.05) is 0 Å².